The normalized spacial score (nSPS) is 20.9. The van der Waals surface area contributed by atoms with Crippen molar-refractivity contribution in [2.45, 2.75) is 25.7 Å². The quantitative estimate of drug-likeness (QED) is 0.921. The zero-order valence-electron chi connectivity index (χ0n) is 11.4. The zero-order chi connectivity index (χ0) is 14.6. The summed E-state index contributed by atoms with van der Waals surface area (Å²) < 4.78 is 41.1. The Morgan fingerprint density at radius 3 is 2.90 bits per heavy atom. The summed E-state index contributed by atoms with van der Waals surface area (Å²) in [4.78, 5) is 2.28. The molecule has 1 aromatic carbocycles. The lowest BCUT2D eigenvalue weighted by Crippen LogP contribution is -2.48. The summed E-state index contributed by atoms with van der Waals surface area (Å²) in [7, 11) is 0. The van der Waals surface area contributed by atoms with Gasteiger partial charge in [-0.1, -0.05) is 12.1 Å². The zero-order valence-corrected chi connectivity index (χ0v) is 11.4. The molecule has 3 nitrogen and oxygen atoms in total. The van der Waals surface area contributed by atoms with Crippen LogP contribution in [-0.2, 0) is 6.54 Å². The maximum Gasteiger partial charge on any atom is 0.422 e. The smallest absolute Gasteiger partial charge is 0.422 e. The molecular formula is C14H19F3N2O. The molecule has 0 aliphatic carbocycles. The fourth-order valence-electron chi connectivity index (χ4n) is 2.31. The van der Waals surface area contributed by atoms with Gasteiger partial charge in [-0.2, -0.15) is 13.2 Å². The Kier molecular flexibility index (Phi) is 4.88. The molecule has 0 bridgehead atoms. The molecule has 0 spiro atoms. The fourth-order valence-corrected chi connectivity index (χ4v) is 2.31. The Morgan fingerprint density at radius 2 is 2.20 bits per heavy atom. The molecule has 0 unspecified atom stereocenters. The van der Waals surface area contributed by atoms with Crippen LogP contribution in [0.15, 0.2) is 24.3 Å². The van der Waals surface area contributed by atoms with E-state index in [1.54, 1.807) is 18.2 Å². The van der Waals surface area contributed by atoms with E-state index in [4.69, 9.17) is 4.74 Å². The van der Waals surface area contributed by atoms with Gasteiger partial charge in [-0.15, -0.1) is 0 Å². The second-order valence-corrected chi connectivity index (χ2v) is 5.14. The molecule has 0 radical (unpaired) electrons. The maximum absolute atomic E-state index is 12.1. The molecule has 1 aliphatic heterocycles. The van der Waals surface area contributed by atoms with Gasteiger partial charge in [-0.3, -0.25) is 4.90 Å². The Labute approximate surface area is 116 Å². The Bertz CT molecular complexity index is 437. The average molecular weight is 288 g/mol. The Morgan fingerprint density at radius 1 is 1.40 bits per heavy atom. The molecule has 6 heteroatoms. The summed E-state index contributed by atoms with van der Waals surface area (Å²) in [5.41, 5.74) is 0.971. The molecule has 1 aliphatic rings. The van der Waals surface area contributed by atoms with Crippen molar-refractivity contribution >= 4 is 0 Å². The number of hydrogen-bond donors (Lipinski definition) is 1. The Balaban J connectivity index is 1.92. The molecule has 2 rings (SSSR count). The van der Waals surface area contributed by atoms with Crippen LogP contribution >= 0.6 is 0 Å². The third-order valence-electron chi connectivity index (χ3n) is 3.16. The molecule has 1 saturated heterocycles. The van der Waals surface area contributed by atoms with E-state index < -0.39 is 12.8 Å². The van der Waals surface area contributed by atoms with E-state index in [1.807, 2.05) is 6.07 Å². The summed E-state index contributed by atoms with van der Waals surface area (Å²) in [5, 5.41) is 3.35. The van der Waals surface area contributed by atoms with Crippen LogP contribution in [0.1, 0.15) is 12.5 Å². The largest absolute Gasteiger partial charge is 0.484 e. The van der Waals surface area contributed by atoms with Crippen molar-refractivity contribution < 1.29 is 17.9 Å². The molecule has 0 aromatic heterocycles. The summed E-state index contributed by atoms with van der Waals surface area (Å²) in [6, 6.07) is 7.31. The van der Waals surface area contributed by atoms with Gasteiger partial charge in [0.1, 0.15) is 5.75 Å². The van der Waals surface area contributed by atoms with Crippen LogP contribution in [0.5, 0.6) is 5.75 Å². The van der Waals surface area contributed by atoms with Gasteiger partial charge in [-0.05, 0) is 24.6 Å². The number of rotatable bonds is 4. The molecule has 0 amide bonds. The first kappa shape index (κ1) is 15.1. The van der Waals surface area contributed by atoms with Crippen molar-refractivity contribution in [2.75, 3.05) is 26.2 Å². The van der Waals surface area contributed by atoms with E-state index in [-0.39, 0.29) is 5.75 Å². The highest BCUT2D eigenvalue weighted by Gasteiger charge is 2.28. The van der Waals surface area contributed by atoms with Crippen molar-refractivity contribution in [1.29, 1.82) is 0 Å². The number of nitrogens with zero attached hydrogens (tertiary/aromatic N) is 1. The monoisotopic (exact) mass is 288 g/mol. The molecule has 20 heavy (non-hydrogen) atoms. The summed E-state index contributed by atoms with van der Waals surface area (Å²) in [6.07, 6.45) is -4.30. The predicted molar refractivity (Wildman–Crippen MR) is 70.7 cm³/mol. The van der Waals surface area contributed by atoms with Crippen molar-refractivity contribution in [3.05, 3.63) is 29.8 Å². The molecule has 1 aromatic rings. The third kappa shape index (κ3) is 5.02. The first-order valence-electron chi connectivity index (χ1n) is 6.66. The topological polar surface area (TPSA) is 24.5 Å². The lowest BCUT2D eigenvalue weighted by atomic mass is 10.1. The number of nitrogens with one attached hydrogen (secondary N) is 1. The van der Waals surface area contributed by atoms with Gasteiger partial charge in [0.15, 0.2) is 6.61 Å². The first-order valence-corrected chi connectivity index (χ1v) is 6.66. The van der Waals surface area contributed by atoms with E-state index in [2.05, 4.69) is 17.1 Å². The van der Waals surface area contributed by atoms with Crippen molar-refractivity contribution in [3.63, 3.8) is 0 Å². The van der Waals surface area contributed by atoms with E-state index in [1.165, 1.54) is 0 Å². The standard InChI is InChI=1S/C14H19F3N2O/c1-11-8-19(6-5-18-11)9-12-3-2-4-13(7-12)20-10-14(15,16)17/h2-4,7,11,18H,5-6,8-10H2,1H3/t11-/m1/s1. The minimum Gasteiger partial charge on any atom is -0.484 e. The summed E-state index contributed by atoms with van der Waals surface area (Å²) in [5.74, 6) is 0.267. The van der Waals surface area contributed by atoms with Crippen LogP contribution in [0.25, 0.3) is 0 Å². The molecule has 1 N–H and O–H groups in total. The average Bonchev–Trinajstić information content (AvgIpc) is 2.36. The number of alkyl halides is 3. The lowest BCUT2D eigenvalue weighted by molar-refractivity contribution is -0.153. The minimum absolute atomic E-state index is 0.267. The minimum atomic E-state index is -4.30. The first-order chi connectivity index (χ1) is 9.42. The van der Waals surface area contributed by atoms with Crippen LogP contribution in [0, 0.1) is 0 Å². The summed E-state index contributed by atoms with van der Waals surface area (Å²) >= 11 is 0. The van der Waals surface area contributed by atoms with Crippen LogP contribution in [-0.4, -0.2) is 43.4 Å². The van der Waals surface area contributed by atoms with Crippen molar-refractivity contribution in [3.8, 4) is 5.75 Å². The van der Waals surface area contributed by atoms with Gasteiger partial charge in [0.2, 0.25) is 0 Å². The predicted octanol–water partition coefficient (Wildman–Crippen LogP) is 2.42. The fraction of sp³-hybridized carbons (Fsp3) is 0.571. The van der Waals surface area contributed by atoms with Gasteiger partial charge >= 0.3 is 6.18 Å². The molecule has 1 fully saturated rings. The number of ether oxygens (including phenoxy) is 1. The molecule has 1 atom stereocenters. The molecule has 0 saturated carbocycles. The molecular weight excluding hydrogens is 269 g/mol. The summed E-state index contributed by atoms with van der Waals surface area (Å²) in [6.45, 7) is 4.42. The van der Waals surface area contributed by atoms with Gasteiger partial charge in [-0.25, -0.2) is 0 Å². The van der Waals surface area contributed by atoms with E-state index in [0.717, 1.165) is 31.7 Å². The van der Waals surface area contributed by atoms with Gasteiger partial charge < -0.3 is 10.1 Å². The highest BCUT2D eigenvalue weighted by molar-refractivity contribution is 5.28. The molecule has 1 heterocycles. The highest BCUT2D eigenvalue weighted by Crippen LogP contribution is 2.20. The molecule has 112 valence electrons. The van der Waals surface area contributed by atoms with Crippen LogP contribution in [0.2, 0.25) is 0 Å². The highest BCUT2D eigenvalue weighted by atomic mass is 19.4. The maximum atomic E-state index is 12.1. The third-order valence-corrected chi connectivity index (χ3v) is 3.16. The second kappa shape index (κ2) is 6.45. The van der Waals surface area contributed by atoms with Gasteiger partial charge in [0.05, 0.1) is 0 Å². The van der Waals surface area contributed by atoms with E-state index >= 15 is 0 Å². The number of benzene rings is 1. The van der Waals surface area contributed by atoms with E-state index in [0.29, 0.717) is 6.04 Å². The van der Waals surface area contributed by atoms with Gasteiger partial charge in [0, 0.05) is 32.2 Å². The van der Waals surface area contributed by atoms with Crippen molar-refractivity contribution in [2.24, 2.45) is 0 Å². The number of hydrogen-bond acceptors (Lipinski definition) is 3. The van der Waals surface area contributed by atoms with E-state index in [9.17, 15) is 13.2 Å². The number of halogens is 3. The second-order valence-electron chi connectivity index (χ2n) is 5.14. The van der Waals surface area contributed by atoms with Crippen molar-refractivity contribution in [1.82, 2.24) is 10.2 Å². The SMILES string of the molecule is C[C@@H]1CN(Cc2cccc(OCC(F)(F)F)c2)CCN1. The van der Waals surface area contributed by atoms with Crippen LogP contribution in [0.3, 0.4) is 0 Å². The Hall–Kier alpha value is -1.27. The van der Waals surface area contributed by atoms with Crippen LogP contribution in [0.4, 0.5) is 13.2 Å². The van der Waals surface area contributed by atoms with Gasteiger partial charge in [0.25, 0.3) is 0 Å². The number of piperazine rings is 1. The van der Waals surface area contributed by atoms with Crippen LogP contribution < -0.4 is 10.1 Å². The lowest BCUT2D eigenvalue weighted by Gasteiger charge is -2.31.